The van der Waals surface area contributed by atoms with Crippen molar-refractivity contribution in [2.45, 2.75) is 6.92 Å². The van der Waals surface area contributed by atoms with Gasteiger partial charge in [-0.05, 0) is 61.0 Å². The Morgan fingerprint density at radius 1 is 1.03 bits per heavy atom. The first-order chi connectivity index (χ1) is 15.1. The molecule has 2 aromatic carbocycles. The zero-order chi connectivity index (χ0) is 21.6. The molecular formula is C23H18N6O2. The van der Waals surface area contributed by atoms with E-state index in [0.717, 1.165) is 16.8 Å². The van der Waals surface area contributed by atoms with E-state index in [9.17, 15) is 4.79 Å². The van der Waals surface area contributed by atoms with Crippen LogP contribution in [0.25, 0.3) is 11.3 Å². The molecule has 4 rings (SSSR count). The van der Waals surface area contributed by atoms with Crippen molar-refractivity contribution in [1.82, 2.24) is 9.97 Å². The summed E-state index contributed by atoms with van der Waals surface area (Å²) in [6, 6.07) is 17.8. The lowest BCUT2D eigenvalue weighted by molar-refractivity contribution is 0.262. The lowest BCUT2D eigenvalue weighted by Gasteiger charge is -2.11. The fraction of sp³-hybridized carbons (Fsp3) is 0.0435. The summed E-state index contributed by atoms with van der Waals surface area (Å²) < 4.78 is 5.76. The van der Waals surface area contributed by atoms with E-state index in [4.69, 9.17) is 9.68 Å². The summed E-state index contributed by atoms with van der Waals surface area (Å²) >= 11 is 0. The number of urea groups is 1. The summed E-state index contributed by atoms with van der Waals surface area (Å²) in [5.74, 6) is 0.601. The van der Waals surface area contributed by atoms with Crippen LogP contribution in [0.1, 0.15) is 11.1 Å². The molecule has 0 aliphatic heterocycles. The lowest BCUT2D eigenvalue weighted by Crippen LogP contribution is -2.19. The minimum atomic E-state index is -0.394. The molecule has 0 atom stereocenters. The summed E-state index contributed by atoms with van der Waals surface area (Å²) in [6.07, 6.45) is 5.02. The minimum absolute atomic E-state index is 0.334. The summed E-state index contributed by atoms with van der Waals surface area (Å²) in [4.78, 5) is 20.6. The topological polar surface area (TPSA) is 116 Å². The molecule has 2 amide bonds. The Hall–Kier alpha value is -4.64. The molecule has 0 saturated heterocycles. The molecule has 0 aliphatic carbocycles. The fourth-order valence-electron chi connectivity index (χ4n) is 2.85. The number of amides is 2. The van der Waals surface area contributed by atoms with E-state index < -0.39 is 6.03 Å². The Labute approximate surface area is 178 Å². The zero-order valence-electron chi connectivity index (χ0n) is 16.6. The standard InChI is InChI=1S/C23H18N6O2/c1-15-4-7-19(28-22(30)27-18-8-5-16(12-24)6-9-18)11-20(15)29-23-26-14-21(31-23)17-3-2-10-25-13-17/h2-11,13-14H,1H3,(H,26,29)(H2,27,28,30). The minimum Gasteiger partial charge on any atom is -0.423 e. The highest BCUT2D eigenvalue weighted by molar-refractivity contribution is 6.00. The molecule has 152 valence electrons. The van der Waals surface area contributed by atoms with Crippen LogP contribution in [0.2, 0.25) is 0 Å². The molecule has 8 nitrogen and oxygen atoms in total. The molecule has 31 heavy (non-hydrogen) atoms. The largest absolute Gasteiger partial charge is 0.423 e. The van der Waals surface area contributed by atoms with Crippen LogP contribution in [0.5, 0.6) is 0 Å². The van der Waals surface area contributed by atoms with Gasteiger partial charge in [-0.25, -0.2) is 9.78 Å². The van der Waals surface area contributed by atoms with Gasteiger partial charge in [-0.1, -0.05) is 6.07 Å². The van der Waals surface area contributed by atoms with Gasteiger partial charge in [0.15, 0.2) is 5.76 Å². The maximum atomic E-state index is 12.3. The fourth-order valence-corrected chi connectivity index (χ4v) is 2.85. The van der Waals surface area contributed by atoms with E-state index in [0.29, 0.717) is 28.7 Å². The first-order valence-corrected chi connectivity index (χ1v) is 9.43. The second-order valence-electron chi connectivity index (χ2n) is 6.69. The molecule has 2 aromatic heterocycles. The molecule has 4 aromatic rings. The van der Waals surface area contributed by atoms with Crippen molar-refractivity contribution in [2.75, 3.05) is 16.0 Å². The Bertz CT molecular complexity index is 1240. The number of aryl methyl sites for hydroxylation is 1. The molecule has 0 aliphatic rings. The number of nitrogens with zero attached hydrogens (tertiary/aromatic N) is 3. The van der Waals surface area contributed by atoms with Crippen LogP contribution >= 0.6 is 0 Å². The maximum Gasteiger partial charge on any atom is 0.323 e. The molecular weight excluding hydrogens is 392 g/mol. The number of aromatic nitrogens is 2. The average molecular weight is 410 g/mol. The summed E-state index contributed by atoms with van der Waals surface area (Å²) in [7, 11) is 0. The van der Waals surface area contributed by atoms with E-state index in [1.54, 1.807) is 55.0 Å². The smallest absolute Gasteiger partial charge is 0.323 e. The van der Waals surface area contributed by atoms with Crippen molar-refractivity contribution in [3.05, 3.63) is 84.3 Å². The number of pyridine rings is 1. The molecule has 0 fully saturated rings. The van der Waals surface area contributed by atoms with Gasteiger partial charge < -0.3 is 20.4 Å². The third kappa shape index (κ3) is 4.86. The number of anilines is 4. The van der Waals surface area contributed by atoms with Crippen LogP contribution in [0.15, 0.2) is 77.6 Å². The molecule has 8 heteroatoms. The van der Waals surface area contributed by atoms with Gasteiger partial charge in [0.05, 0.1) is 17.8 Å². The molecule has 2 heterocycles. The van der Waals surface area contributed by atoms with Crippen LogP contribution in [-0.4, -0.2) is 16.0 Å². The Balaban J connectivity index is 1.44. The normalized spacial score (nSPS) is 10.2. The number of carbonyl (C=O) groups is 1. The highest BCUT2D eigenvalue weighted by Gasteiger charge is 2.10. The van der Waals surface area contributed by atoms with Crippen LogP contribution in [-0.2, 0) is 0 Å². The second-order valence-corrected chi connectivity index (χ2v) is 6.69. The van der Waals surface area contributed by atoms with Crippen LogP contribution in [0, 0.1) is 18.3 Å². The number of rotatable bonds is 5. The van der Waals surface area contributed by atoms with Crippen molar-refractivity contribution in [1.29, 1.82) is 5.26 Å². The Kier molecular flexibility index (Phi) is 5.58. The van der Waals surface area contributed by atoms with Gasteiger partial charge in [0.2, 0.25) is 0 Å². The van der Waals surface area contributed by atoms with Gasteiger partial charge in [-0.2, -0.15) is 5.26 Å². The molecule has 0 bridgehead atoms. The van der Waals surface area contributed by atoms with Gasteiger partial charge in [0.25, 0.3) is 6.01 Å². The van der Waals surface area contributed by atoms with Gasteiger partial charge in [-0.15, -0.1) is 0 Å². The summed E-state index contributed by atoms with van der Waals surface area (Å²) in [5, 5.41) is 17.5. The van der Waals surface area contributed by atoms with Crippen molar-refractivity contribution in [3.63, 3.8) is 0 Å². The number of nitriles is 1. The molecule has 0 unspecified atom stereocenters. The summed E-state index contributed by atoms with van der Waals surface area (Å²) in [5.41, 5.74) is 4.24. The van der Waals surface area contributed by atoms with Gasteiger partial charge in [0.1, 0.15) is 0 Å². The first kappa shape index (κ1) is 19.7. The summed E-state index contributed by atoms with van der Waals surface area (Å²) in [6.45, 7) is 1.94. The third-order valence-corrected chi connectivity index (χ3v) is 4.46. The number of benzene rings is 2. The number of nitrogens with one attached hydrogen (secondary N) is 3. The quantitative estimate of drug-likeness (QED) is 0.411. The number of oxazole rings is 1. The SMILES string of the molecule is Cc1ccc(NC(=O)Nc2ccc(C#N)cc2)cc1Nc1ncc(-c2cccnc2)o1. The van der Waals surface area contributed by atoms with Gasteiger partial charge in [0, 0.05) is 35.0 Å². The van der Waals surface area contributed by atoms with E-state index >= 15 is 0 Å². The number of hydrogen-bond donors (Lipinski definition) is 3. The molecule has 0 spiro atoms. The number of carbonyl (C=O) groups excluding carboxylic acids is 1. The predicted octanol–water partition coefficient (Wildman–Crippen LogP) is 5.30. The highest BCUT2D eigenvalue weighted by atomic mass is 16.4. The van der Waals surface area contributed by atoms with Gasteiger partial charge in [-0.3, -0.25) is 4.98 Å². The monoisotopic (exact) mass is 410 g/mol. The lowest BCUT2D eigenvalue weighted by atomic mass is 10.2. The third-order valence-electron chi connectivity index (χ3n) is 4.46. The first-order valence-electron chi connectivity index (χ1n) is 9.43. The zero-order valence-corrected chi connectivity index (χ0v) is 16.6. The van der Waals surface area contributed by atoms with E-state index in [2.05, 4.69) is 25.9 Å². The van der Waals surface area contributed by atoms with Crippen molar-refractivity contribution in [3.8, 4) is 17.4 Å². The average Bonchev–Trinajstić information content (AvgIpc) is 3.26. The predicted molar refractivity (Wildman–Crippen MR) is 118 cm³/mol. The Morgan fingerprint density at radius 3 is 2.55 bits per heavy atom. The van der Waals surface area contributed by atoms with Crippen molar-refractivity contribution < 1.29 is 9.21 Å². The molecule has 0 radical (unpaired) electrons. The highest BCUT2D eigenvalue weighted by Crippen LogP contribution is 2.27. The second kappa shape index (κ2) is 8.80. The molecule has 0 saturated carbocycles. The molecule has 3 N–H and O–H groups in total. The van der Waals surface area contributed by atoms with Crippen molar-refractivity contribution in [2.24, 2.45) is 0 Å². The number of hydrogen-bond acceptors (Lipinski definition) is 6. The van der Waals surface area contributed by atoms with E-state index in [-0.39, 0.29) is 0 Å². The van der Waals surface area contributed by atoms with E-state index in [1.807, 2.05) is 31.2 Å². The maximum absolute atomic E-state index is 12.3. The Morgan fingerprint density at radius 2 is 1.81 bits per heavy atom. The van der Waals surface area contributed by atoms with E-state index in [1.165, 1.54) is 0 Å². The van der Waals surface area contributed by atoms with Crippen LogP contribution in [0.4, 0.5) is 27.9 Å². The van der Waals surface area contributed by atoms with Crippen LogP contribution in [0.3, 0.4) is 0 Å². The van der Waals surface area contributed by atoms with Crippen molar-refractivity contribution >= 4 is 29.1 Å². The van der Waals surface area contributed by atoms with Crippen LogP contribution < -0.4 is 16.0 Å². The van der Waals surface area contributed by atoms with Gasteiger partial charge >= 0.3 is 6.03 Å².